The van der Waals surface area contributed by atoms with Crippen LogP contribution in [0.25, 0.3) is 0 Å². The lowest BCUT2D eigenvalue weighted by atomic mass is 9.87. The second-order valence-electron chi connectivity index (χ2n) is 5.80. The number of benzene rings is 2. The van der Waals surface area contributed by atoms with E-state index in [-0.39, 0.29) is 11.9 Å². The van der Waals surface area contributed by atoms with Crippen molar-refractivity contribution < 1.29 is 9.53 Å². The molecule has 0 aromatic heterocycles. The van der Waals surface area contributed by atoms with Gasteiger partial charge < -0.3 is 10.1 Å². The third kappa shape index (κ3) is 2.84. The van der Waals surface area contributed by atoms with Gasteiger partial charge in [-0.2, -0.15) is 0 Å². The Balaban J connectivity index is 1.81. The summed E-state index contributed by atoms with van der Waals surface area (Å²) in [6.45, 7) is 1.97. The number of nitrogens with one attached hydrogen (secondary N) is 1. The Kier molecular flexibility index (Phi) is 4.14. The van der Waals surface area contributed by atoms with Gasteiger partial charge in [-0.3, -0.25) is 4.79 Å². The van der Waals surface area contributed by atoms with Crippen LogP contribution < -0.4 is 10.1 Å². The number of carbonyl (C=O) groups excluding carboxylic acids is 1. The first-order chi connectivity index (χ1) is 10.7. The van der Waals surface area contributed by atoms with E-state index in [1.807, 2.05) is 25.1 Å². The zero-order valence-electron chi connectivity index (χ0n) is 13.1. The third-order valence-corrected chi connectivity index (χ3v) is 4.34. The van der Waals surface area contributed by atoms with Gasteiger partial charge in [-0.25, -0.2) is 0 Å². The van der Waals surface area contributed by atoms with Crippen LogP contribution in [0, 0.1) is 6.92 Å². The summed E-state index contributed by atoms with van der Waals surface area (Å²) in [6, 6.07) is 14.1. The lowest BCUT2D eigenvalue weighted by molar-refractivity contribution is 0.0932. The van der Waals surface area contributed by atoms with Crippen molar-refractivity contribution in [3.63, 3.8) is 0 Å². The largest absolute Gasteiger partial charge is 0.496 e. The lowest BCUT2D eigenvalue weighted by Crippen LogP contribution is -2.31. The fourth-order valence-electron chi connectivity index (χ4n) is 3.11. The molecule has 1 aliphatic carbocycles. The first-order valence-corrected chi connectivity index (χ1v) is 7.72. The molecule has 0 spiro atoms. The van der Waals surface area contributed by atoms with Crippen LogP contribution in [0.3, 0.4) is 0 Å². The molecule has 1 N–H and O–H groups in total. The molecule has 0 aliphatic heterocycles. The van der Waals surface area contributed by atoms with Crippen molar-refractivity contribution in [3.05, 3.63) is 64.7 Å². The van der Waals surface area contributed by atoms with Crippen LogP contribution in [0.4, 0.5) is 0 Å². The van der Waals surface area contributed by atoms with Crippen LogP contribution >= 0.6 is 0 Å². The monoisotopic (exact) mass is 295 g/mol. The number of hydrogen-bond acceptors (Lipinski definition) is 2. The average Bonchev–Trinajstić information content (AvgIpc) is 2.55. The minimum atomic E-state index is -0.0417. The van der Waals surface area contributed by atoms with Gasteiger partial charge in [-0.1, -0.05) is 30.3 Å². The molecule has 3 rings (SSSR count). The van der Waals surface area contributed by atoms with Crippen LogP contribution in [0.5, 0.6) is 5.75 Å². The third-order valence-electron chi connectivity index (χ3n) is 4.34. The van der Waals surface area contributed by atoms with E-state index in [0.717, 1.165) is 30.6 Å². The molecule has 3 nitrogen and oxygen atoms in total. The fourth-order valence-corrected chi connectivity index (χ4v) is 3.11. The minimum Gasteiger partial charge on any atom is -0.496 e. The molecular weight excluding hydrogens is 274 g/mol. The number of aryl methyl sites for hydroxylation is 2. The van der Waals surface area contributed by atoms with E-state index < -0.39 is 0 Å². The van der Waals surface area contributed by atoms with Gasteiger partial charge >= 0.3 is 0 Å². The van der Waals surface area contributed by atoms with Crippen molar-refractivity contribution in [1.29, 1.82) is 0 Å². The van der Waals surface area contributed by atoms with Gasteiger partial charge in [0.25, 0.3) is 5.91 Å². The molecule has 3 heteroatoms. The Morgan fingerprint density at radius 1 is 1.23 bits per heavy atom. The topological polar surface area (TPSA) is 38.3 Å². The molecule has 114 valence electrons. The molecule has 0 radical (unpaired) electrons. The van der Waals surface area contributed by atoms with Crippen molar-refractivity contribution in [2.45, 2.75) is 32.2 Å². The quantitative estimate of drug-likeness (QED) is 0.935. The van der Waals surface area contributed by atoms with E-state index >= 15 is 0 Å². The van der Waals surface area contributed by atoms with E-state index in [4.69, 9.17) is 4.74 Å². The molecule has 1 aliphatic rings. The molecule has 0 fully saturated rings. The predicted octanol–water partition coefficient (Wildman–Crippen LogP) is 3.81. The fraction of sp³-hybridized carbons (Fsp3) is 0.316. The summed E-state index contributed by atoms with van der Waals surface area (Å²) in [5, 5.41) is 3.17. The van der Waals surface area contributed by atoms with Gasteiger partial charge in [0.05, 0.1) is 13.2 Å². The number of amides is 1. The van der Waals surface area contributed by atoms with E-state index in [2.05, 4.69) is 23.5 Å². The van der Waals surface area contributed by atoms with Crippen molar-refractivity contribution in [2.24, 2.45) is 0 Å². The predicted molar refractivity (Wildman–Crippen MR) is 87.3 cm³/mol. The summed E-state index contributed by atoms with van der Waals surface area (Å²) in [6.07, 6.45) is 3.20. The highest BCUT2D eigenvalue weighted by Crippen LogP contribution is 2.30. The lowest BCUT2D eigenvalue weighted by Gasteiger charge is -2.26. The Hall–Kier alpha value is -2.29. The molecule has 0 bridgehead atoms. The van der Waals surface area contributed by atoms with Crippen molar-refractivity contribution in [2.75, 3.05) is 7.11 Å². The highest BCUT2D eigenvalue weighted by atomic mass is 16.5. The average molecular weight is 295 g/mol. The highest BCUT2D eigenvalue weighted by Gasteiger charge is 2.22. The number of ether oxygens (including phenoxy) is 1. The molecule has 0 heterocycles. The van der Waals surface area contributed by atoms with Gasteiger partial charge in [-0.15, -0.1) is 0 Å². The van der Waals surface area contributed by atoms with Gasteiger partial charge in [0.15, 0.2) is 0 Å². The zero-order valence-corrected chi connectivity index (χ0v) is 13.1. The van der Waals surface area contributed by atoms with Gasteiger partial charge in [-0.05, 0) is 55.0 Å². The maximum atomic E-state index is 12.5. The van der Waals surface area contributed by atoms with Gasteiger partial charge in [0.2, 0.25) is 0 Å². The standard InChI is InChI=1S/C19H21NO2/c1-13-10-11-15(12-18(13)22-2)19(21)20-17-9-5-7-14-6-3-4-8-16(14)17/h3-4,6,8,10-12,17H,5,7,9H2,1-2H3,(H,20,21)/t17-/m0/s1. The summed E-state index contributed by atoms with van der Waals surface area (Å²) in [5.74, 6) is 0.705. The highest BCUT2D eigenvalue weighted by molar-refractivity contribution is 5.95. The molecule has 22 heavy (non-hydrogen) atoms. The summed E-state index contributed by atoms with van der Waals surface area (Å²) in [4.78, 5) is 12.5. The Bertz CT molecular complexity index is 694. The van der Waals surface area contributed by atoms with Crippen molar-refractivity contribution in [3.8, 4) is 5.75 Å². The Morgan fingerprint density at radius 2 is 2.05 bits per heavy atom. The van der Waals surface area contributed by atoms with Gasteiger partial charge in [0.1, 0.15) is 5.75 Å². The number of hydrogen-bond donors (Lipinski definition) is 1. The van der Waals surface area contributed by atoms with Crippen LogP contribution in [0.15, 0.2) is 42.5 Å². The molecular formula is C19H21NO2. The second-order valence-corrected chi connectivity index (χ2v) is 5.80. The normalized spacial score (nSPS) is 16.7. The number of rotatable bonds is 3. The smallest absolute Gasteiger partial charge is 0.251 e. The van der Waals surface area contributed by atoms with E-state index in [9.17, 15) is 4.79 Å². The second kappa shape index (κ2) is 6.22. The first-order valence-electron chi connectivity index (χ1n) is 7.72. The number of methoxy groups -OCH3 is 1. The van der Waals surface area contributed by atoms with Gasteiger partial charge in [0, 0.05) is 5.56 Å². The SMILES string of the molecule is COc1cc(C(=O)N[C@H]2CCCc3ccccc32)ccc1C. The van der Waals surface area contributed by atoms with Crippen molar-refractivity contribution >= 4 is 5.91 Å². The van der Waals surface area contributed by atoms with Crippen LogP contribution in [0.1, 0.15) is 45.9 Å². The summed E-state index contributed by atoms with van der Waals surface area (Å²) >= 11 is 0. The summed E-state index contributed by atoms with van der Waals surface area (Å²) in [7, 11) is 1.63. The molecule has 1 atom stereocenters. The Labute approximate surface area is 131 Å². The van der Waals surface area contributed by atoms with Crippen LogP contribution in [-0.2, 0) is 6.42 Å². The van der Waals surface area contributed by atoms with Crippen LogP contribution in [-0.4, -0.2) is 13.0 Å². The van der Waals surface area contributed by atoms with Crippen LogP contribution in [0.2, 0.25) is 0 Å². The Morgan fingerprint density at radius 3 is 2.86 bits per heavy atom. The molecule has 0 saturated heterocycles. The molecule has 2 aromatic rings. The zero-order chi connectivity index (χ0) is 15.5. The van der Waals surface area contributed by atoms with E-state index in [1.165, 1.54) is 11.1 Å². The summed E-state index contributed by atoms with van der Waals surface area (Å²) in [5.41, 5.74) is 4.27. The minimum absolute atomic E-state index is 0.0417. The first kappa shape index (κ1) is 14.6. The van der Waals surface area contributed by atoms with Crippen molar-refractivity contribution in [1.82, 2.24) is 5.32 Å². The number of fused-ring (bicyclic) bond motifs is 1. The maximum Gasteiger partial charge on any atom is 0.251 e. The van der Waals surface area contributed by atoms with E-state index in [0.29, 0.717) is 5.56 Å². The summed E-state index contributed by atoms with van der Waals surface area (Å²) < 4.78 is 5.30. The molecule has 1 amide bonds. The molecule has 2 aromatic carbocycles. The van der Waals surface area contributed by atoms with E-state index in [1.54, 1.807) is 13.2 Å². The molecule has 0 unspecified atom stereocenters. The molecule has 0 saturated carbocycles. The maximum absolute atomic E-state index is 12.5. The number of carbonyl (C=O) groups is 1.